The summed E-state index contributed by atoms with van der Waals surface area (Å²) in [6.45, 7) is 9.97. The van der Waals surface area contributed by atoms with Crippen LogP contribution < -0.4 is 0 Å². The molecule has 56 valence electrons. The zero-order valence-electron chi connectivity index (χ0n) is 7.09. The zero-order valence-corrected chi connectivity index (χ0v) is 7.09. The van der Waals surface area contributed by atoms with Gasteiger partial charge in [0.15, 0.2) is 0 Å². The first-order valence-corrected chi connectivity index (χ1v) is 3.61. The minimum Gasteiger partial charge on any atom is -0.102 e. The van der Waals surface area contributed by atoms with Crippen molar-refractivity contribution in [2.24, 2.45) is 5.92 Å². The van der Waals surface area contributed by atoms with Gasteiger partial charge >= 0.3 is 0 Å². The fourth-order valence-electron chi connectivity index (χ4n) is 0.502. The van der Waals surface area contributed by atoms with E-state index in [1.807, 2.05) is 6.08 Å². The number of rotatable bonds is 3. The monoisotopic (exact) mass is 136 g/mol. The van der Waals surface area contributed by atoms with Gasteiger partial charge in [0.2, 0.25) is 0 Å². The molecular weight excluding hydrogens is 120 g/mol. The van der Waals surface area contributed by atoms with Gasteiger partial charge in [0.25, 0.3) is 0 Å². The molecule has 0 spiro atoms. The molecule has 10 heavy (non-hydrogen) atoms. The Balaban J connectivity index is 3.76. The second kappa shape index (κ2) is 5.04. The lowest BCUT2D eigenvalue weighted by Gasteiger charge is -1.92. The van der Waals surface area contributed by atoms with Gasteiger partial charge in [-0.3, -0.25) is 0 Å². The molecule has 0 amide bonds. The molecule has 0 aromatic heterocycles. The highest BCUT2D eigenvalue weighted by Crippen LogP contribution is 1.98. The van der Waals surface area contributed by atoms with E-state index in [1.165, 1.54) is 5.57 Å². The second-order valence-electron chi connectivity index (χ2n) is 2.72. The molecule has 0 saturated heterocycles. The molecule has 0 heteroatoms. The van der Waals surface area contributed by atoms with Crippen molar-refractivity contribution < 1.29 is 0 Å². The first-order chi connectivity index (χ1) is 4.66. The maximum absolute atomic E-state index is 3.69. The number of hydrogen-bond donors (Lipinski definition) is 0. The summed E-state index contributed by atoms with van der Waals surface area (Å²) < 4.78 is 0. The zero-order chi connectivity index (χ0) is 7.98. The van der Waals surface area contributed by atoms with E-state index < -0.39 is 0 Å². The Morgan fingerprint density at radius 2 is 2.00 bits per heavy atom. The Hall–Kier alpha value is -0.780. The van der Waals surface area contributed by atoms with E-state index in [-0.39, 0.29) is 0 Å². The summed E-state index contributed by atoms with van der Waals surface area (Å²) in [7, 11) is 0. The largest absolute Gasteiger partial charge is 0.102 e. The van der Waals surface area contributed by atoms with Crippen LogP contribution in [0, 0.1) is 5.92 Å². The molecule has 0 aromatic carbocycles. The van der Waals surface area contributed by atoms with Crippen LogP contribution in [0.15, 0.2) is 36.5 Å². The predicted octanol–water partition coefficient (Wildman–Crippen LogP) is 3.33. The van der Waals surface area contributed by atoms with Gasteiger partial charge in [0, 0.05) is 0 Å². The summed E-state index contributed by atoms with van der Waals surface area (Å²) in [5.74, 6) is 0.482. The molecule has 0 aliphatic heterocycles. The summed E-state index contributed by atoms with van der Waals surface area (Å²) in [6, 6.07) is 0. The molecule has 1 unspecified atom stereocenters. The topological polar surface area (TPSA) is 0 Å². The van der Waals surface area contributed by atoms with Crippen molar-refractivity contribution in [3.8, 4) is 0 Å². The lowest BCUT2D eigenvalue weighted by molar-refractivity contribution is 0.944. The van der Waals surface area contributed by atoms with Crippen molar-refractivity contribution in [1.82, 2.24) is 0 Å². The fourth-order valence-corrected chi connectivity index (χ4v) is 0.502. The van der Waals surface area contributed by atoms with Crippen LogP contribution in [-0.2, 0) is 0 Å². The molecule has 0 fully saturated rings. The lowest BCUT2D eigenvalue weighted by atomic mass is 10.1. The van der Waals surface area contributed by atoms with Gasteiger partial charge in [-0.25, -0.2) is 0 Å². The van der Waals surface area contributed by atoms with Crippen molar-refractivity contribution in [2.45, 2.75) is 20.8 Å². The normalized spacial score (nSPS) is 13.1. The van der Waals surface area contributed by atoms with Gasteiger partial charge in [-0.2, -0.15) is 0 Å². The van der Waals surface area contributed by atoms with E-state index in [9.17, 15) is 0 Å². The molecule has 0 aromatic rings. The van der Waals surface area contributed by atoms with Crippen LogP contribution in [-0.4, -0.2) is 0 Å². The van der Waals surface area contributed by atoms with Crippen molar-refractivity contribution in [1.29, 1.82) is 0 Å². The molecule has 0 bridgehead atoms. The Morgan fingerprint density at radius 1 is 1.40 bits per heavy atom. The summed E-state index contributed by atoms with van der Waals surface area (Å²) in [4.78, 5) is 0. The molecular formula is C10H16. The maximum Gasteiger partial charge on any atom is -0.00814 e. The molecule has 0 saturated carbocycles. The second-order valence-corrected chi connectivity index (χ2v) is 2.72. The van der Waals surface area contributed by atoms with E-state index in [4.69, 9.17) is 0 Å². The molecule has 0 rings (SSSR count). The maximum atomic E-state index is 3.69. The molecule has 0 radical (unpaired) electrons. The van der Waals surface area contributed by atoms with Gasteiger partial charge in [-0.15, -0.1) is 6.58 Å². The minimum absolute atomic E-state index is 0.482. The Morgan fingerprint density at radius 3 is 2.40 bits per heavy atom. The van der Waals surface area contributed by atoms with Gasteiger partial charge in [0.05, 0.1) is 0 Å². The number of hydrogen-bond acceptors (Lipinski definition) is 0. The summed E-state index contributed by atoms with van der Waals surface area (Å²) in [5, 5.41) is 0. The third-order valence-electron chi connectivity index (χ3n) is 1.22. The average Bonchev–Trinajstić information content (AvgIpc) is 1.87. The smallest absolute Gasteiger partial charge is 0.00814 e. The van der Waals surface area contributed by atoms with Crippen molar-refractivity contribution in [3.05, 3.63) is 36.5 Å². The minimum atomic E-state index is 0.482. The first-order valence-electron chi connectivity index (χ1n) is 3.61. The highest BCUT2D eigenvalue weighted by Gasteiger charge is 1.83. The van der Waals surface area contributed by atoms with Crippen LogP contribution in [0.25, 0.3) is 0 Å². The first kappa shape index (κ1) is 9.22. The van der Waals surface area contributed by atoms with Crippen LogP contribution in [0.1, 0.15) is 20.8 Å². The van der Waals surface area contributed by atoms with Crippen molar-refractivity contribution in [3.63, 3.8) is 0 Å². The molecule has 0 nitrogen and oxygen atoms in total. The SMILES string of the molecule is C=CC(C)C=CC=C(C)C. The van der Waals surface area contributed by atoms with Gasteiger partial charge in [-0.05, 0) is 19.8 Å². The van der Waals surface area contributed by atoms with Crippen molar-refractivity contribution >= 4 is 0 Å². The molecule has 0 aliphatic carbocycles. The van der Waals surface area contributed by atoms with Crippen LogP contribution >= 0.6 is 0 Å². The van der Waals surface area contributed by atoms with Crippen LogP contribution in [0.2, 0.25) is 0 Å². The summed E-state index contributed by atoms with van der Waals surface area (Å²) in [5.41, 5.74) is 1.33. The standard InChI is InChI=1S/C10H16/c1-5-10(4)8-6-7-9(2)3/h5-8,10H,1H2,2-4H3. The highest BCUT2D eigenvalue weighted by molar-refractivity contribution is 5.10. The van der Waals surface area contributed by atoms with E-state index in [0.717, 1.165) is 0 Å². The Labute approximate surface area is 64.0 Å². The predicted molar refractivity (Wildman–Crippen MR) is 47.9 cm³/mol. The highest BCUT2D eigenvalue weighted by atomic mass is 13.9. The van der Waals surface area contributed by atoms with E-state index in [1.54, 1.807) is 0 Å². The lowest BCUT2D eigenvalue weighted by Crippen LogP contribution is -1.78. The molecule has 1 atom stereocenters. The van der Waals surface area contributed by atoms with Gasteiger partial charge in [0.1, 0.15) is 0 Å². The van der Waals surface area contributed by atoms with Crippen LogP contribution in [0.3, 0.4) is 0 Å². The van der Waals surface area contributed by atoms with E-state index in [2.05, 4.69) is 45.6 Å². The molecule has 0 N–H and O–H groups in total. The van der Waals surface area contributed by atoms with Crippen molar-refractivity contribution in [2.75, 3.05) is 0 Å². The average molecular weight is 136 g/mol. The number of allylic oxidation sites excluding steroid dienone is 5. The van der Waals surface area contributed by atoms with E-state index >= 15 is 0 Å². The Bertz CT molecular complexity index is 145. The van der Waals surface area contributed by atoms with Gasteiger partial charge < -0.3 is 0 Å². The molecule has 0 heterocycles. The van der Waals surface area contributed by atoms with Crippen LogP contribution in [0.4, 0.5) is 0 Å². The van der Waals surface area contributed by atoms with Crippen LogP contribution in [0.5, 0.6) is 0 Å². The quantitative estimate of drug-likeness (QED) is 0.412. The third kappa shape index (κ3) is 5.36. The Kier molecular flexibility index (Phi) is 4.65. The third-order valence-corrected chi connectivity index (χ3v) is 1.22. The fraction of sp³-hybridized carbons (Fsp3) is 0.400. The molecule has 0 aliphatic rings. The summed E-state index contributed by atoms with van der Waals surface area (Å²) >= 11 is 0. The van der Waals surface area contributed by atoms with Gasteiger partial charge in [-0.1, -0.05) is 36.8 Å². The summed E-state index contributed by atoms with van der Waals surface area (Å²) in [6.07, 6.45) is 8.22. The van der Waals surface area contributed by atoms with E-state index in [0.29, 0.717) is 5.92 Å².